The molecule has 0 amide bonds. The van der Waals surface area contributed by atoms with Crippen molar-refractivity contribution in [1.29, 1.82) is 0 Å². The van der Waals surface area contributed by atoms with Crippen molar-refractivity contribution >= 4 is 5.69 Å². The van der Waals surface area contributed by atoms with Crippen LogP contribution in [0.15, 0.2) is 30.3 Å². The molecule has 0 radical (unpaired) electrons. The van der Waals surface area contributed by atoms with E-state index in [4.69, 9.17) is 4.74 Å². The Hall–Kier alpha value is -2.28. The van der Waals surface area contributed by atoms with Crippen molar-refractivity contribution in [3.05, 3.63) is 53.5 Å². The summed E-state index contributed by atoms with van der Waals surface area (Å²) in [6.07, 6.45) is 0.337. The Morgan fingerprint density at radius 3 is 2.48 bits per heavy atom. The summed E-state index contributed by atoms with van der Waals surface area (Å²) in [5.41, 5.74) is 0.340. The molecule has 1 saturated heterocycles. The van der Waals surface area contributed by atoms with Crippen LogP contribution in [-0.2, 0) is 0 Å². The number of rotatable bonds is 5. The molecule has 1 unspecified atom stereocenters. The summed E-state index contributed by atoms with van der Waals surface area (Å²) in [6.45, 7) is 1.53. The first-order chi connectivity index (χ1) is 12.0. The molecule has 2 aromatic rings. The molecule has 1 aromatic heterocycles. The van der Waals surface area contributed by atoms with E-state index in [9.17, 15) is 13.2 Å². The highest BCUT2D eigenvalue weighted by molar-refractivity contribution is 5.50. The van der Waals surface area contributed by atoms with Gasteiger partial charge in [-0.1, -0.05) is 30.3 Å². The Morgan fingerprint density at radius 2 is 1.88 bits per heavy atom. The van der Waals surface area contributed by atoms with Crippen LogP contribution >= 0.6 is 0 Å². The lowest BCUT2D eigenvalue weighted by atomic mass is 9.95. The van der Waals surface area contributed by atoms with Gasteiger partial charge in [0.05, 0.1) is 0 Å². The van der Waals surface area contributed by atoms with Crippen molar-refractivity contribution in [3.8, 4) is 5.88 Å². The van der Waals surface area contributed by atoms with Crippen molar-refractivity contribution < 1.29 is 17.9 Å². The van der Waals surface area contributed by atoms with Crippen molar-refractivity contribution in [2.24, 2.45) is 5.92 Å². The van der Waals surface area contributed by atoms with Crippen molar-refractivity contribution in [2.45, 2.75) is 12.5 Å². The largest absolute Gasteiger partial charge is 0.467 e. The number of benzene rings is 1. The summed E-state index contributed by atoms with van der Waals surface area (Å²) in [5, 5.41) is 3.24. The van der Waals surface area contributed by atoms with Crippen LogP contribution in [0.1, 0.15) is 18.1 Å². The van der Waals surface area contributed by atoms with Gasteiger partial charge in [-0.25, -0.2) is 0 Å². The van der Waals surface area contributed by atoms with Gasteiger partial charge in [-0.3, -0.25) is 0 Å². The maximum Gasteiger partial charge on any atom is 0.256 e. The molecule has 1 fully saturated rings. The van der Waals surface area contributed by atoms with Crippen LogP contribution in [0.3, 0.4) is 0 Å². The standard InChI is InChI=1S/C18H20F3N3O/c1-24(2)15-13(19)17(21)23-18(14(15)20)25-16(12-8-9-22-10-12)11-6-4-3-5-7-11/h3-7,12,16,22H,8-10H2,1-2H3/t12?,16-/m1/s1. The SMILES string of the molecule is CN(C)c1c(F)c(F)nc(O[C@H](c2ccccc2)C2CCNC2)c1F. The number of aromatic nitrogens is 1. The Balaban J connectivity index is 2.00. The van der Waals surface area contributed by atoms with Gasteiger partial charge in [0.25, 0.3) is 11.8 Å². The molecule has 1 N–H and O–H groups in total. The average Bonchev–Trinajstić information content (AvgIpc) is 3.12. The third kappa shape index (κ3) is 3.56. The van der Waals surface area contributed by atoms with E-state index in [-0.39, 0.29) is 5.92 Å². The molecule has 7 heteroatoms. The molecular formula is C18H20F3N3O. The predicted octanol–water partition coefficient (Wildman–Crippen LogP) is 3.29. The minimum atomic E-state index is -1.38. The van der Waals surface area contributed by atoms with Crippen LogP contribution < -0.4 is 15.0 Å². The highest BCUT2D eigenvalue weighted by atomic mass is 19.2. The fraction of sp³-hybridized carbons (Fsp3) is 0.389. The van der Waals surface area contributed by atoms with Gasteiger partial charge in [0.15, 0.2) is 0 Å². The van der Waals surface area contributed by atoms with Crippen LogP contribution in [0.2, 0.25) is 0 Å². The lowest BCUT2D eigenvalue weighted by Gasteiger charge is -2.25. The van der Waals surface area contributed by atoms with Crippen molar-refractivity contribution in [1.82, 2.24) is 10.3 Å². The fourth-order valence-corrected chi connectivity index (χ4v) is 3.09. The minimum Gasteiger partial charge on any atom is -0.467 e. The monoisotopic (exact) mass is 351 g/mol. The van der Waals surface area contributed by atoms with Gasteiger partial charge in [-0.15, -0.1) is 0 Å². The summed E-state index contributed by atoms with van der Waals surface area (Å²) < 4.78 is 48.2. The fourth-order valence-electron chi connectivity index (χ4n) is 3.09. The van der Waals surface area contributed by atoms with Gasteiger partial charge in [0.1, 0.15) is 11.8 Å². The van der Waals surface area contributed by atoms with E-state index >= 15 is 0 Å². The van der Waals surface area contributed by atoms with Gasteiger partial charge in [0, 0.05) is 26.6 Å². The zero-order valence-electron chi connectivity index (χ0n) is 14.1. The third-order valence-electron chi connectivity index (χ3n) is 4.32. The molecule has 0 spiro atoms. The third-order valence-corrected chi connectivity index (χ3v) is 4.32. The zero-order chi connectivity index (χ0) is 18.0. The zero-order valence-corrected chi connectivity index (χ0v) is 14.1. The van der Waals surface area contributed by atoms with Crippen LogP contribution in [0.5, 0.6) is 5.88 Å². The van der Waals surface area contributed by atoms with Crippen LogP contribution in [0.4, 0.5) is 18.9 Å². The van der Waals surface area contributed by atoms with E-state index in [1.165, 1.54) is 14.1 Å². The van der Waals surface area contributed by atoms with Crippen LogP contribution in [0.25, 0.3) is 0 Å². The molecule has 1 aromatic carbocycles. The summed E-state index contributed by atoms with van der Waals surface area (Å²) in [5.74, 6) is -4.15. The molecule has 25 heavy (non-hydrogen) atoms. The lowest BCUT2D eigenvalue weighted by molar-refractivity contribution is 0.129. The number of nitrogens with one attached hydrogen (secondary N) is 1. The van der Waals surface area contributed by atoms with Crippen LogP contribution in [-0.4, -0.2) is 32.2 Å². The number of pyridine rings is 1. The van der Waals surface area contributed by atoms with E-state index in [2.05, 4.69) is 10.3 Å². The van der Waals surface area contributed by atoms with E-state index in [1.807, 2.05) is 30.3 Å². The number of ether oxygens (including phenoxy) is 1. The average molecular weight is 351 g/mol. The highest BCUT2D eigenvalue weighted by Gasteiger charge is 2.31. The lowest BCUT2D eigenvalue weighted by Crippen LogP contribution is -2.23. The Bertz CT molecular complexity index is 734. The number of nitrogens with zero attached hydrogens (tertiary/aromatic N) is 2. The second-order valence-electron chi connectivity index (χ2n) is 6.28. The summed E-state index contributed by atoms with van der Waals surface area (Å²) in [6, 6.07) is 9.32. The number of anilines is 1. The maximum atomic E-state index is 14.7. The molecule has 3 rings (SSSR count). The molecule has 1 aliphatic rings. The van der Waals surface area contributed by atoms with Crippen molar-refractivity contribution in [2.75, 3.05) is 32.1 Å². The minimum absolute atomic E-state index is 0.0829. The molecule has 0 aliphatic carbocycles. The second kappa shape index (κ2) is 7.31. The Morgan fingerprint density at radius 1 is 1.16 bits per heavy atom. The maximum absolute atomic E-state index is 14.7. The topological polar surface area (TPSA) is 37.4 Å². The van der Waals surface area contributed by atoms with Gasteiger partial charge in [-0.05, 0) is 18.5 Å². The van der Waals surface area contributed by atoms with E-state index < -0.39 is 35.3 Å². The molecule has 0 saturated carbocycles. The highest BCUT2D eigenvalue weighted by Crippen LogP contribution is 2.35. The first-order valence-corrected chi connectivity index (χ1v) is 8.13. The summed E-state index contributed by atoms with van der Waals surface area (Å²) in [4.78, 5) is 4.53. The molecule has 2 atom stereocenters. The Labute approximate surface area is 144 Å². The molecule has 4 nitrogen and oxygen atoms in total. The summed E-state index contributed by atoms with van der Waals surface area (Å²) in [7, 11) is 2.86. The van der Waals surface area contributed by atoms with Gasteiger partial charge in [-0.2, -0.15) is 18.2 Å². The van der Waals surface area contributed by atoms with E-state index in [0.717, 1.165) is 23.4 Å². The second-order valence-corrected chi connectivity index (χ2v) is 6.28. The van der Waals surface area contributed by atoms with Gasteiger partial charge in [0.2, 0.25) is 11.6 Å². The molecule has 2 heterocycles. The smallest absolute Gasteiger partial charge is 0.256 e. The number of hydrogen-bond donors (Lipinski definition) is 1. The number of halogens is 3. The van der Waals surface area contributed by atoms with E-state index in [0.29, 0.717) is 6.54 Å². The predicted molar refractivity (Wildman–Crippen MR) is 89.2 cm³/mol. The first kappa shape index (κ1) is 17.5. The molecule has 1 aliphatic heterocycles. The first-order valence-electron chi connectivity index (χ1n) is 8.13. The molecule has 134 valence electrons. The normalized spacial score (nSPS) is 18.2. The van der Waals surface area contributed by atoms with Gasteiger partial charge < -0.3 is 15.0 Å². The van der Waals surface area contributed by atoms with Gasteiger partial charge >= 0.3 is 0 Å². The Kier molecular flexibility index (Phi) is 5.13. The molecule has 0 bridgehead atoms. The number of hydrogen-bond acceptors (Lipinski definition) is 4. The van der Waals surface area contributed by atoms with Crippen molar-refractivity contribution in [3.63, 3.8) is 0 Å². The summed E-state index contributed by atoms with van der Waals surface area (Å²) >= 11 is 0. The van der Waals surface area contributed by atoms with Crippen LogP contribution in [0, 0.1) is 23.5 Å². The van der Waals surface area contributed by atoms with E-state index in [1.54, 1.807) is 0 Å². The quantitative estimate of drug-likeness (QED) is 0.839. The molecular weight excluding hydrogens is 331 g/mol.